The Morgan fingerprint density at radius 3 is 2.11 bits per heavy atom. The van der Waals surface area contributed by atoms with Crippen molar-refractivity contribution in [3.8, 4) is 0 Å². The van der Waals surface area contributed by atoms with Crippen molar-refractivity contribution in [2.45, 2.75) is 25.7 Å². The summed E-state index contributed by atoms with van der Waals surface area (Å²) < 4.78 is 16.4. The molecule has 1 fully saturated rings. The van der Waals surface area contributed by atoms with E-state index in [1.54, 1.807) is 0 Å². The Balaban J connectivity index is 2.54. The monoisotopic (exact) mass is 136 g/mol. The van der Waals surface area contributed by atoms with E-state index in [1.807, 2.05) is 0 Å². The molecular weight excluding hydrogens is 127 g/mol. The second-order valence-electron chi connectivity index (χ2n) is 2.23. The fourth-order valence-electron chi connectivity index (χ4n) is 0.745. The van der Waals surface area contributed by atoms with Crippen LogP contribution < -0.4 is 0 Å². The van der Waals surface area contributed by atoms with Crippen LogP contribution in [0.15, 0.2) is 0 Å². The Kier molecular flexibility index (Phi) is 1.70. The summed E-state index contributed by atoms with van der Waals surface area (Å²) in [5, 5.41) is 17.5. The summed E-state index contributed by atoms with van der Waals surface area (Å²) >= 11 is 0. The Morgan fingerprint density at radius 2 is 2.00 bits per heavy atom. The van der Waals surface area contributed by atoms with Crippen LogP contribution in [0.1, 0.15) is 6.92 Å². The van der Waals surface area contributed by atoms with Gasteiger partial charge in [0, 0.05) is 5.92 Å². The molecule has 0 radical (unpaired) electrons. The van der Waals surface area contributed by atoms with E-state index in [9.17, 15) is 4.39 Å². The van der Waals surface area contributed by atoms with E-state index in [-0.39, 0.29) is 0 Å². The molecule has 9 heavy (non-hydrogen) atoms. The molecule has 0 aromatic rings. The Labute approximate surface area is 52.1 Å². The van der Waals surface area contributed by atoms with Crippen molar-refractivity contribution in [1.82, 2.24) is 0 Å². The number of ether oxygens (including phenoxy) is 1. The molecule has 2 N–H and O–H groups in total. The Hall–Kier alpha value is -0.190. The van der Waals surface area contributed by atoms with Crippen LogP contribution in [0.5, 0.6) is 0 Å². The molecule has 4 heteroatoms. The minimum Gasteiger partial charge on any atom is -0.387 e. The van der Waals surface area contributed by atoms with Gasteiger partial charge in [-0.1, -0.05) is 6.92 Å². The van der Waals surface area contributed by atoms with Gasteiger partial charge in [0.25, 0.3) is 0 Å². The van der Waals surface area contributed by atoms with Crippen LogP contribution in [0.2, 0.25) is 0 Å². The van der Waals surface area contributed by atoms with Gasteiger partial charge in [0.1, 0.15) is 6.10 Å². The lowest BCUT2D eigenvalue weighted by Gasteiger charge is -2.06. The zero-order chi connectivity index (χ0) is 7.02. The topological polar surface area (TPSA) is 49.7 Å². The summed E-state index contributed by atoms with van der Waals surface area (Å²) in [5.74, 6) is -0.528. The average molecular weight is 136 g/mol. The van der Waals surface area contributed by atoms with Crippen molar-refractivity contribution in [3.63, 3.8) is 0 Å². The maximum absolute atomic E-state index is 12.2. The summed E-state index contributed by atoms with van der Waals surface area (Å²) in [4.78, 5) is 0. The fraction of sp³-hybridized carbons (Fsp3) is 1.00. The summed E-state index contributed by atoms with van der Waals surface area (Å²) in [7, 11) is 0. The van der Waals surface area contributed by atoms with Gasteiger partial charge >= 0.3 is 0 Å². The molecule has 0 aromatic carbocycles. The second kappa shape index (κ2) is 2.21. The van der Waals surface area contributed by atoms with Gasteiger partial charge in [-0.2, -0.15) is 0 Å². The van der Waals surface area contributed by atoms with E-state index in [0.717, 1.165) is 0 Å². The number of hydrogen-bond acceptors (Lipinski definition) is 3. The minimum absolute atomic E-state index is 0.528. The van der Waals surface area contributed by atoms with Crippen LogP contribution in [0.3, 0.4) is 0 Å². The molecule has 3 nitrogen and oxygen atoms in total. The van der Waals surface area contributed by atoms with Gasteiger partial charge in [-0.25, -0.2) is 4.39 Å². The van der Waals surface area contributed by atoms with Crippen molar-refractivity contribution >= 4 is 0 Å². The predicted molar refractivity (Wildman–Crippen MR) is 27.2 cm³/mol. The van der Waals surface area contributed by atoms with E-state index >= 15 is 0 Å². The van der Waals surface area contributed by atoms with Crippen LogP contribution >= 0.6 is 0 Å². The van der Waals surface area contributed by atoms with Crippen molar-refractivity contribution in [2.75, 3.05) is 0 Å². The average Bonchev–Trinajstić information content (AvgIpc) is 1.98. The number of aliphatic hydroxyl groups is 2. The molecule has 0 bridgehead atoms. The van der Waals surface area contributed by atoms with Gasteiger partial charge in [0.05, 0.1) is 0 Å². The van der Waals surface area contributed by atoms with Crippen LogP contribution in [0.4, 0.5) is 4.39 Å². The first-order chi connectivity index (χ1) is 4.13. The standard InChI is InChI=1S/C5H9FO3/c1-2-3(7)4(6)9-5(2)8/h2-5,7-8H,1H3. The lowest BCUT2D eigenvalue weighted by atomic mass is 10.1. The molecule has 1 aliphatic rings. The zero-order valence-electron chi connectivity index (χ0n) is 4.99. The lowest BCUT2D eigenvalue weighted by Crippen LogP contribution is -2.22. The third-order valence-corrected chi connectivity index (χ3v) is 1.53. The quantitative estimate of drug-likeness (QED) is 0.477. The maximum atomic E-state index is 12.2. The van der Waals surface area contributed by atoms with Crippen LogP contribution in [-0.2, 0) is 4.74 Å². The van der Waals surface area contributed by atoms with Gasteiger partial charge in [-0.3, -0.25) is 0 Å². The number of hydrogen-bond donors (Lipinski definition) is 2. The number of alkyl halides is 1. The number of halogens is 1. The molecule has 0 aromatic heterocycles. The first kappa shape index (κ1) is 6.92. The maximum Gasteiger partial charge on any atom is 0.227 e. The van der Waals surface area contributed by atoms with E-state index in [2.05, 4.69) is 4.74 Å². The van der Waals surface area contributed by atoms with E-state index < -0.39 is 24.7 Å². The van der Waals surface area contributed by atoms with Crippen LogP contribution in [-0.4, -0.2) is 29.0 Å². The highest BCUT2D eigenvalue weighted by molar-refractivity contribution is 4.76. The van der Waals surface area contributed by atoms with Crippen molar-refractivity contribution in [3.05, 3.63) is 0 Å². The molecule has 1 heterocycles. The lowest BCUT2D eigenvalue weighted by molar-refractivity contribution is -0.145. The van der Waals surface area contributed by atoms with Crippen LogP contribution in [0.25, 0.3) is 0 Å². The highest BCUT2D eigenvalue weighted by Crippen LogP contribution is 2.25. The van der Waals surface area contributed by atoms with E-state index in [4.69, 9.17) is 10.2 Å². The third-order valence-electron chi connectivity index (χ3n) is 1.53. The molecule has 0 amide bonds. The second-order valence-corrected chi connectivity index (χ2v) is 2.23. The number of rotatable bonds is 0. The molecule has 4 unspecified atom stereocenters. The molecule has 1 saturated heterocycles. The summed E-state index contributed by atoms with van der Waals surface area (Å²) in [6.07, 6.45) is -4.06. The predicted octanol–water partition coefficient (Wildman–Crippen LogP) is -0.372. The first-order valence-electron chi connectivity index (χ1n) is 2.78. The summed E-state index contributed by atoms with van der Waals surface area (Å²) in [5.41, 5.74) is 0. The molecule has 0 aliphatic carbocycles. The van der Waals surface area contributed by atoms with Gasteiger partial charge < -0.3 is 14.9 Å². The van der Waals surface area contributed by atoms with Crippen molar-refractivity contribution < 1.29 is 19.3 Å². The molecular formula is C5H9FO3. The Bertz CT molecular complexity index is 96.4. The Morgan fingerprint density at radius 1 is 1.44 bits per heavy atom. The van der Waals surface area contributed by atoms with Crippen LogP contribution in [0, 0.1) is 5.92 Å². The minimum atomic E-state index is -1.73. The molecule has 0 spiro atoms. The zero-order valence-corrected chi connectivity index (χ0v) is 4.99. The number of aliphatic hydroxyl groups excluding tert-OH is 2. The molecule has 1 aliphatic heterocycles. The highest BCUT2D eigenvalue weighted by atomic mass is 19.1. The smallest absolute Gasteiger partial charge is 0.227 e. The van der Waals surface area contributed by atoms with E-state index in [1.165, 1.54) is 6.92 Å². The summed E-state index contributed by atoms with van der Waals surface area (Å²) in [6.45, 7) is 1.52. The third kappa shape index (κ3) is 1.05. The molecule has 4 atom stereocenters. The fourth-order valence-corrected chi connectivity index (χ4v) is 0.745. The van der Waals surface area contributed by atoms with E-state index in [0.29, 0.717) is 0 Å². The largest absolute Gasteiger partial charge is 0.387 e. The van der Waals surface area contributed by atoms with Gasteiger partial charge in [0.2, 0.25) is 6.36 Å². The van der Waals surface area contributed by atoms with Crippen molar-refractivity contribution in [2.24, 2.45) is 5.92 Å². The van der Waals surface area contributed by atoms with Crippen molar-refractivity contribution in [1.29, 1.82) is 0 Å². The van der Waals surface area contributed by atoms with Gasteiger partial charge in [-0.15, -0.1) is 0 Å². The molecule has 0 saturated carbocycles. The van der Waals surface area contributed by atoms with Gasteiger partial charge in [0.15, 0.2) is 6.29 Å². The highest BCUT2D eigenvalue weighted by Gasteiger charge is 2.39. The normalized spacial score (nSPS) is 52.0. The summed E-state index contributed by atoms with van der Waals surface area (Å²) in [6, 6.07) is 0. The molecule has 54 valence electrons. The SMILES string of the molecule is CC1C(O)OC(F)C1O. The molecule has 1 rings (SSSR count). The van der Waals surface area contributed by atoms with Gasteiger partial charge in [-0.05, 0) is 0 Å². The first-order valence-corrected chi connectivity index (χ1v) is 2.78.